The van der Waals surface area contributed by atoms with Crippen molar-refractivity contribution >= 4 is 66.4 Å². The van der Waals surface area contributed by atoms with Crippen LogP contribution in [0.2, 0.25) is 0 Å². The molecule has 0 aliphatic carbocycles. The first-order valence-corrected chi connectivity index (χ1v) is 16.7. The maximum atomic E-state index is 11.1. The Balaban J connectivity index is 0.00000267. The van der Waals surface area contributed by atoms with Crippen LogP contribution < -0.4 is 42.6 Å². The van der Waals surface area contributed by atoms with E-state index in [4.69, 9.17) is 0 Å². The molecule has 1 aliphatic heterocycles. The molecule has 0 N–H and O–H groups in total. The Morgan fingerprint density at radius 2 is 1.05 bits per heavy atom. The SMILES string of the molecule is O=S(=O)([O-])CCCSC(SCCCS(=O)(=O)[O-])=C1c2ccccc2N(c2ccccc2)c2ccccc21.[Li+].[Li+]. The summed E-state index contributed by atoms with van der Waals surface area (Å²) in [6.07, 6.45) is 0.393. The third-order valence-corrected chi connectivity index (χ3v) is 9.79. The van der Waals surface area contributed by atoms with Gasteiger partial charge in [0.2, 0.25) is 0 Å². The summed E-state index contributed by atoms with van der Waals surface area (Å²) >= 11 is 2.89. The van der Waals surface area contributed by atoms with E-state index < -0.39 is 31.7 Å². The molecule has 39 heavy (non-hydrogen) atoms. The molecule has 7 nitrogen and oxygen atoms in total. The number of thioether (sulfide) groups is 2. The summed E-state index contributed by atoms with van der Waals surface area (Å²) < 4.78 is 67.5. The fraction of sp³-hybridized carbons (Fsp3) is 0.231. The summed E-state index contributed by atoms with van der Waals surface area (Å²) in [6, 6.07) is 26.0. The van der Waals surface area contributed by atoms with E-state index in [1.54, 1.807) is 0 Å². The first-order valence-electron chi connectivity index (χ1n) is 11.5. The Morgan fingerprint density at radius 3 is 1.49 bits per heavy atom. The van der Waals surface area contributed by atoms with Crippen LogP contribution in [-0.2, 0) is 20.2 Å². The van der Waals surface area contributed by atoms with E-state index in [9.17, 15) is 25.9 Å². The van der Waals surface area contributed by atoms with Gasteiger partial charge in [-0.2, -0.15) is 0 Å². The van der Waals surface area contributed by atoms with Crippen molar-refractivity contribution in [1.29, 1.82) is 0 Å². The average Bonchev–Trinajstić information content (AvgIpc) is 2.86. The van der Waals surface area contributed by atoms with Crippen molar-refractivity contribution in [2.24, 2.45) is 0 Å². The second kappa shape index (κ2) is 15.2. The van der Waals surface area contributed by atoms with Crippen LogP contribution in [0, 0.1) is 0 Å². The molecule has 0 bridgehead atoms. The molecule has 0 fully saturated rings. The summed E-state index contributed by atoms with van der Waals surface area (Å²) in [5.74, 6) is -0.0902. The third kappa shape index (κ3) is 9.48. The minimum absolute atomic E-state index is 0. The van der Waals surface area contributed by atoms with E-state index in [0.29, 0.717) is 11.5 Å². The van der Waals surface area contributed by atoms with Crippen LogP contribution in [0.15, 0.2) is 83.1 Å². The van der Waals surface area contributed by atoms with Crippen molar-refractivity contribution in [1.82, 2.24) is 0 Å². The quantitative estimate of drug-likeness (QED) is 0.130. The molecule has 0 atom stereocenters. The van der Waals surface area contributed by atoms with E-state index in [0.717, 1.165) is 38.0 Å². The van der Waals surface area contributed by atoms with Gasteiger partial charge in [0.05, 0.1) is 31.6 Å². The van der Waals surface area contributed by atoms with Crippen molar-refractivity contribution in [2.45, 2.75) is 12.8 Å². The predicted octanol–water partition coefficient (Wildman–Crippen LogP) is -0.468. The molecule has 0 saturated carbocycles. The van der Waals surface area contributed by atoms with Crippen molar-refractivity contribution in [3.05, 3.63) is 94.2 Å². The minimum Gasteiger partial charge on any atom is -0.748 e. The van der Waals surface area contributed by atoms with Gasteiger partial charge in [0.1, 0.15) is 0 Å². The van der Waals surface area contributed by atoms with Crippen LogP contribution in [0.1, 0.15) is 24.0 Å². The maximum absolute atomic E-state index is 11.1. The zero-order chi connectivity index (χ0) is 26.5. The maximum Gasteiger partial charge on any atom is 1.00 e. The molecular formula is C26H25Li2NO6S4. The Kier molecular flexibility index (Phi) is 13.3. The largest absolute Gasteiger partial charge is 1.00 e. The topological polar surface area (TPSA) is 118 Å². The van der Waals surface area contributed by atoms with Gasteiger partial charge >= 0.3 is 37.7 Å². The van der Waals surface area contributed by atoms with Gasteiger partial charge in [-0.15, -0.1) is 23.5 Å². The van der Waals surface area contributed by atoms with Crippen molar-refractivity contribution in [2.75, 3.05) is 27.9 Å². The number of rotatable bonds is 11. The van der Waals surface area contributed by atoms with Crippen LogP contribution in [0.5, 0.6) is 0 Å². The molecule has 4 rings (SSSR count). The number of fused-ring (bicyclic) bond motifs is 2. The van der Waals surface area contributed by atoms with E-state index in [1.165, 1.54) is 23.5 Å². The Hall–Kier alpha value is -1.09. The number of hydrogen-bond donors (Lipinski definition) is 0. The van der Waals surface area contributed by atoms with Crippen molar-refractivity contribution in [3.63, 3.8) is 0 Å². The summed E-state index contributed by atoms with van der Waals surface area (Å²) in [5, 5.41) is 0. The van der Waals surface area contributed by atoms with Crippen LogP contribution in [-0.4, -0.2) is 49.0 Å². The van der Waals surface area contributed by atoms with Crippen molar-refractivity contribution in [3.8, 4) is 0 Å². The first kappa shape index (κ1) is 34.1. The zero-order valence-corrected chi connectivity index (χ0v) is 25.0. The Labute approximate surface area is 263 Å². The van der Waals surface area contributed by atoms with Gasteiger partial charge in [-0.3, -0.25) is 0 Å². The molecule has 196 valence electrons. The second-order valence-electron chi connectivity index (χ2n) is 8.30. The molecule has 1 heterocycles. The number of hydrogen-bond acceptors (Lipinski definition) is 9. The van der Waals surface area contributed by atoms with E-state index in [-0.39, 0.29) is 50.6 Å². The molecule has 1 aliphatic rings. The number of para-hydroxylation sites is 3. The normalized spacial score (nSPS) is 12.6. The molecule has 0 radical (unpaired) electrons. The van der Waals surface area contributed by atoms with Crippen LogP contribution in [0.25, 0.3) is 5.57 Å². The summed E-state index contributed by atoms with van der Waals surface area (Å²) in [6.45, 7) is 0. The van der Waals surface area contributed by atoms with Gasteiger partial charge in [-0.25, -0.2) is 16.8 Å². The summed E-state index contributed by atoms with van der Waals surface area (Å²) in [5.41, 5.74) is 5.88. The molecule has 13 heteroatoms. The number of anilines is 3. The van der Waals surface area contributed by atoms with Gasteiger partial charge in [-0.05, 0) is 48.6 Å². The Bertz CT molecular complexity index is 1410. The van der Waals surface area contributed by atoms with Gasteiger partial charge in [-0.1, -0.05) is 54.6 Å². The van der Waals surface area contributed by atoms with E-state index in [2.05, 4.69) is 4.90 Å². The molecule has 0 aromatic heterocycles. The first-order chi connectivity index (χ1) is 17.6. The Morgan fingerprint density at radius 1 is 0.641 bits per heavy atom. The smallest absolute Gasteiger partial charge is 0.748 e. The number of nitrogens with zero attached hydrogens (tertiary/aromatic N) is 1. The molecule has 0 spiro atoms. The zero-order valence-electron chi connectivity index (χ0n) is 21.8. The minimum atomic E-state index is -4.31. The van der Waals surface area contributed by atoms with E-state index >= 15 is 0 Å². The number of benzene rings is 3. The summed E-state index contributed by atoms with van der Waals surface area (Å²) in [4.78, 5) is 2.19. The van der Waals surface area contributed by atoms with Crippen LogP contribution in [0.4, 0.5) is 17.1 Å². The molecule has 0 amide bonds. The van der Waals surface area contributed by atoms with Gasteiger partial charge in [0.15, 0.2) is 0 Å². The van der Waals surface area contributed by atoms with Crippen molar-refractivity contribution < 1.29 is 63.7 Å². The van der Waals surface area contributed by atoms with E-state index in [1.807, 2.05) is 78.9 Å². The predicted molar refractivity (Wildman–Crippen MR) is 150 cm³/mol. The standard InChI is InChI=1S/C26H27NO6S4.2Li/c28-36(29,30)18-8-16-34-26(35-17-9-19-37(31,32)33)25-21-12-4-6-14-23(21)27(20-10-2-1-3-11-20)24-15-7-5-13-22(24)25;;/h1-7,10-15H,8-9,16-19H2,(H,28,29,30)(H,31,32,33);;/q;2*+1/p-2. The fourth-order valence-electron chi connectivity index (χ4n) is 4.10. The monoisotopic (exact) mass is 589 g/mol. The molecule has 0 saturated heterocycles. The second-order valence-corrected chi connectivity index (χ2v) is 13.8. The molecule has 0 unspecified atom stereocenters. The summed E-state index contributed by atoms with van der Waals surface area (Å²) in [7, 11) is -8.63. The average molecular weight is 590 g/mol. The van der Waals surface area contributed by atoms with Crippen LogP contribution >= 0.6 is 23.5 Å². The van der Waals surface area contributed by atoms with Crippen LogP contribution in [0.3, 0.4) is 0 Å². The van der Waals surface area contributed by atoms with Gasteiger partial charge in [0.25, 0.3) is 0 Å². The third-order valence-electron chi connectivity index (χ3n) is 5.59. The molecular weight excluding hydrogens is 564 g/mol. The fourth-order valence-corrected chi connectivity index (χ4v) is 7.97. The molecule has 3 aromatic carbocycles. The molecule has 3 aromatic rings. The van der Waals surface area contributed by atoms with Gasteiger partial charge < -0.3 is 14.0 Å². The van der Waals surface area contributed by atoms with Gasteiger partial charge in [0, 0.05) is 38.1 Å².